The molecule has 4 amide bonds. The number of anilines is 2. The third-order valence-corrected chi connectivity index (χ3v) is 4.44. The van der Waals surface area contributed by atoms with Gasteiger partial charge in [-0.15, -0.1) is 0 Å². The summed E-state index contributed by atoms with van der Waals surface area (Å²) in [6.07, 6.45) is 0. The summed E-state index contributed by atoms with van der Waals surface area (Å²) < 4.78 is 13.1. The van der Waals surface area contributed by atoms with Gasteiger partial charge in [-0.05, 0) is 55.3 Å². The molecule has 1 fully saturated rings. The number of urea groups is 1. The third kappa shape index (κ3) is 3.28. The summed E-state index contributed by atoms with van der Waals surface area (Å²) in [5.41, 5.74) is 2.74. The van der Waals surface area contributed by atoms with E-state index in [0.29, 0.717) is 5.69 Å². The zero-order valence-electron chi connectivity index (χ0n) is 14.4. The molecule has 0 saturated carbocycles. The maximum absolute atomic E-state index is 13.1. The average molecular weight is 355 g/mol. The lowest BCUT2D eigenvalue weighted by molar-refractivity contribution is -0.130. The average Bonchev–Trinajstić information content (AvgIpc) is 2.60. The molecule has 2 N–H and O–H groups in total. The molecule has 2 aromatic rings. The van der Waals surface area contributed by atoms with Crippen LogP contribution in [0.25, 0.3) is 0 Å². The summed E-state index contributed by atoms with van der Waals surface area (Å²) in [6, 6.07) is 9.78. The molecule has 1 heterocycles. The normalized spacial score (nSPS) is 17.0. The first-order chi connectivity index (χ1) is 12.4. The molecule has 0 aliphatic carbocycles. The van der Waals surface area contributed by atoms with Crippen molar-refractivity contribution in [3.8, 4) is 0 Å². The van der Waals surface area contributed by atoms with E-state index in [1.807, 2.05) is 26.0 Å². The topological polar surface area (TPSA) is 78.5 Å². The standard InChI is InChI=1S/C19H18FN3O3/c1-11-4-3-5-16(12(11)2)22-17(24)15-10-21-19(26)23(18(15)25)14-8-6-13(20)7-9-14/h3-9,15H,10H2,1-2H3,(H,21,26)(H,22,24). The van der Waals surface area contributed by atoms with Gasteiger partial charge in [0, 0.05) is 12.2 Å². The quantitative estimate of drug-likeness (QED) is 0.831. The predicted octanol–water partition coefficient (Wildman–Crippen LogP) is 2.75. The van der Waals surface area contributed by atoms with E-state index in [1.54, 1.807) is 6.07 Å². The summed E-state index contributed by atoms with van der Waals surface area (Å²) in [7, 11) is 0. The van der Waals surface area contributed by atoms with Crippen molar-refractivity contribution in [2.24, 2.45) is 5.92 Å². The molecule has 0 spiro atoms. The SMILES string of the molecule is Cc1cccc(NC(=O)C2CNC(=O)N(c3ccc(F)cc3)C2=O)c1C. The van der Waals surface area contributed by atoms with Crippen molar-refractivity contribution in [2.45, 2.75) is 13.8 Å². The Kier molecular flexibility index (Phi) is 4.71. The van der Waals surface area contributed by atoms with E-state index in [4.69, 9.17) is 0 Å². The van der Waals surface area contributed by atoms with Crippen molar-refractivity contribution in [3.63, 3.8) is 0 Å². The summed E-state index contributed by atoms with van der Waals surface area (Å²) in [5, 5.41) is 5.28. The largest absolute Gasteiger partial charge is 0.336 e. The van der Waals surface area contributed by atoms with Gasteiger partial charge in [0.05, 0.1) is 5.69 Å². The Morgan fingerprint density at radius 2 is 1.85 bits per heavy atom. The van der Waals surface area contributed by atoms with Crippen molar-refractivity contribution in [2.75, 3.05) is 16.8 Å². The second kappa shape index (κ2) is 6.95. The predicted molar refractivity (Wildman–Crippen MR) is 95.3 cm³/mol. The Bertz CT molecular complexity index is 880. The summed E-state index contributed by atoms with van der Waals surface area (Å²) >= 11 is 0. The van der Waals surface area contributed by atoms with Crippen molar-refractivity contribution in [1.29, 1.82) is 0 Å². The Balaban J connectivity index is 1.82. The van der Waals surface area contributed by atoms with E-state index in [2.05, 4.69) is 10.6 Å². The molecule has 3 rings (SSSR count). The van der Waals surface area contributed by atoms with E-state index < -0.39 is 29.6 Å². The molecule has 1 aliphatic rings. The van der Waals surface area contributed by atoms with Gasteiger partial charge in [-0.3, -0.25) is 9.59 Å². The second-order valence-electron chi connectivity index (χ2n) is 6.13. The smallest absolute Gasteiger partial charge is 0.328 e. The van der Waals surface area contributed by atoms with Crippen LogP contribution < -0.4 is 15.5 Å². The molecule has 0 radical (unpaired) electrons. The Morgan fingerprint density at radius 3 is 2.54 bits per heavy atom. The van der Waals surface area contributed by atoms with Crippen LogP contribution in [0, 0.1) is 25.6 Å². The molecular formula is C19H18FN3O3. The summed E-state index contributed by atoms with van der Waals surface area (Å²) in [4.78, 5) is 38.3. The lowest BCUT2D eigenvalue weighted by atomic mass is 10.0. The van der Waals surface area contributed by atoms with E-state index in [9.17, 15) is 18.8 Å². The number of imide groups is 1. The minimum Gasteiger partial charge on any atom is -0.336 e. The van der Waals surface area contributed by atoms with Crippen molar-refractivity contribution >= 4 is 29.2 Å². The lowest BCUT2D eigenvalue weighted by Crippen LogP contribution is -2.58. The first kappa shape index (κ1) is 17.6. The van der Waals surface area contributed by atoms with Crippen molar-refractivity contribution in [3.05, 3.63) is 59.4 Å². The first-order valence-electron chi connectivity index (χ1n) is 8.13. The van der Waals surface area contributed by atoms with Crippen LogP contribution in [0.2, 0.25) is 0 Å². The number of rotatable bonds is 3. The van der Waals surface area contributed by atoms with E-state index in [1.165, 1.54) is 12.1 Å². The van der Waals surface area contributed by atoms with Gasteiger partial charge in [0.2, 0.25) is 11.8 Å². The van der Waals surface area contributed by atoms with Crippen LogP contribution in [-0.4, -0.2) is 24.4 Å². The number of carbonyl (C=O) groups excluding carboxylic acids is 3. The van der Waals surface area contributed by atoms with Gasteiger partial charge >= 0.3 is 6.03 Å². The van der Waals surface area contributed by atoms with E-state index in [0.717, 1.165) is 28.2 Å². The van der Waals surface area contributed by atoms with Crippen LogP contribution in [0.1, 0.15) is 11.1 Å². The Morgan fingerprint density at radius 1 is 1.15 bits per heavy atom. The fourth-order valence-corrected chi connectivity index (χ4v) is 2.76. The maximum Gasteiger partial charge on any atom is 0.328 e. The maximum atomic E-state index is 13.1. The fourth-order valence-electron chi connectivity index (χ4n) is 2.76. The molecule has 6 nitrogen and oxygen atoms in total. The highest BCUT2D eigenvalue weighted by molar-refractivity contribution is 6.23. The first-order valence-corrected chi connectivity index (χ1v) is 8.13. The number of aryl methyl sites for hydroxylation is 1. The molecule has 1 aliphatic heterocycles. The van der Waals surface area contributed by atoms with Gasteiger partial charge < -0.3 is 10.6 Å². The van der Waals surface area contributed by atoms with Gasteiger partial charge in [0.25, 0.3) is 0 Å². The molecule has 2 aromatic carbocycles. The zero-order chi connectivity index (χ0) is 18.8. The number of halogens is 1. The molecule has 134 valence electrons. The molecule has 7 heteroatoms. The van der Waals surface area contributed by atoms with Crippen LogP contribution in [-0.2, 0) is 9.59 Å². The molecule has 1 unspecified atom stereocenters. The number of hydrogen-bond donors (Lipinski definition) is 2. The zero-order valence-corrected chi connectivity index (χ0v) is 14.4. The minimum absolute atomic E-state index is 0.0912. The number of nitrogens with one attached hydrogen (secondary N) is 2. The molecule has 1 saturated heterocycles. The molecule has 0 aromatic heterocycles. The Hall–Kier alpha value is -3.22. The number of nitrogens with zero attached hydrogens (tertiary/aromatic N) is 1. The van der Waals surface area contributed by atoms with Crippen molar-refractivity contribution in [1.82, 2.24) is 5.32 Å². The second-order valence-corrected chi connectivity index (χ2v) is 6.13. The van der Waals surface area contributed by atoms with E-state index >= 15 is 0 Å². The van der Waals surface area contributed by atoms with Crippen molar-refractivity contribution < 1.29 is 18.8 Å². The summed E-state index contributed by atoms with van der Waals surface area (Å²) in [5.74, 6) is -2.71. The van der Waals surface area contributed by atoms with Gasteiger partial charge in [0.1, 0.15) is 11.7 Å². The highest BCUT2D eigenvalue weighted by Gasteiger charge is 2.39. The van der Waals surface area contributed by atoms with Gasteiger partial charge in [-0.2, -0.15) is 0 Å². The Labute approximate surface area is 150 Å². The molecular weight excluding hydrogens is 337 g/mol. The van der Waals surface area contributed by atoms with Crippen LogP contribution >= 0.6 is 0 Å². The minimum atomic E-state index is -1.07. The third-order valence-electron chi connectivity index (χ3n) is 4.44. The van der Waals surface area contributed by atoms with Gasteiger partial charge in [0.15, 0.2) is 0 Å². The highest BCUT2D eigenvalue weighted by Crippen LogP contribution is 2.23. The summed E-state index contributed by atoms with van der Waals surface area (Å²) in [6.45, 7) is 3.71. The van der Waals surface area contributed by atoms with Crippen LogP contribution in [0.15, 0.2) is 42.5 Å². The van der Waals surface area contributed by atoms with Crippen LogP contribution in [0.4, 0.5) is 20.6 Å². The monoisotopic (exact) mass is 355 g/mol. The van der Waals surface area contributed by atoms with Gasteiger partial charge in [-0.25, -0.2) is 14.1 Å². The lowest BCUT2D eigenvalue weighted by Gasteiger charge is -2.30. The van der Waals surface area contributed by atoms with Crippen LogP contribution in [0.3, 0.4) is 0 Å². The highest BCUT2D eigenvalue weighted by atomic mass is 19.1. The number of hydrogen-bond acceptors (Lipinski definition) is 3. The van der Waals surface area contributed by atoms with Gasteiger partial charge in [-0.1, -0.05) is 12.1 Å². The van der Waals surface area contributed by atoms with Crippen LogP contribution in [0.5, 0.6) is 0 Å². The number of benzene rings is 2. The molecule has 1 atom stereocenters. The fraction of sp³-hybridized carbons (Fsp3) is 0.211. The number of amides is 4. The van der Waals surface area contributed by atoms with E-state index in [-0.39, 0.29) is 12.2 Å². The number of carbonyl (C=O) groups is 3. The molecule has 26 heavy (non-hydrogen) atoms. The molecule has 0 bridgehead atoms.